The average molecular weight is 478 g/mol. The summed E-state index contributed by atoms with van der Waals surface area (Å²) in [6, 6.07) is 10.2. The van der Waals surface area contributed by atoms with Gasteiger partial charge in [0.1, 0.15) is 17.5 Å². The van der Waals surface area contributed by atoms with Crippen LogP contribution in [0.5, 0.6) is 0 Å². The monoisotopic (exact) mass is 477 g/mol. The third kappa shape index (κ3) is 3.46. The predicted octanol–water partition coefficient (Wildman–Crippen LogP) is 3.74. The second-order valence-electron chi connectivity index (χ2n) is 9.19. The van der Waals surface area contributed by atoms with Crippen LogP contribution in [0.2, 0.25) is 5.02 Å². The van der Waals surface area contributed by atoms with Crippen molar-refractivity contribution in [2.75, 3.05) is 23.7 Å². The van der Waals surface area contributed by atoms with Crippen LogP contribution in [0.15, 0.2) is 41.2 Å². The normalized spacial score (nSPS) is 18.7. The topological polar surface area (TPSA) is 90.2 Å². The van der Waals surface area contributed by atoms with Gasteiger partial charge < -0.3 is 16.4 Å². The Balaban J connectivity index is 1.39. The van der Waals surface area contributed by atoms with E-state index in [1.165, 1.54) is 28.3 Å². The zero-order valence-corrected chi connectivity index (χ0v) is 19.6. The van der Waals surface area contributed by atoms with Gasteiger partial charge in [0.05, 0.1) is 16.4 Å². The molecule has 5 rings (SSSR count). The number of hydrogen-bond acceptors (Lipinski definition) is 5. The minimum Gasteiger partial charge on any atom is -0.395 e. The summed E-state index contributed by atoms with van der Waals surface area (Å²) in [7, 11) is 0. The van der Waals surface area contributed by atoms with Gasteiger partial charge >= 0.3 is 0 Å². The number of piperidine rings is 1. The van der Waals surface area contributed by atoms with Crippen LogP contribution in [0.25, 0.3) is 5.69 Å². The molecule has 1 aromatic heterocycles. The first-order valence-corrected chi connectivity index (χ1v) is 11.6. The van der Waals surface area contributed by atoms with Crippen LogP contribution in [-0.2, 0) is 6.42 Å². The molecular formula is C26H25ClFN5O. The number of benzene rings is 2. The molecule has 8 heteroatoms. The molecule has 2 aliphatic rings. The molecule has 34 heavy (non-hydrogen) atoms. The molecule has 0 radical (unpaired) electrons. The van der Waals surface area contributed by atoms with Crippen LogP contribution in [0.4, 0.5) is 15.9 Å². The maximum absolute atomic E-state index is 13.7. The number of rotatable bonds is 2. The maximum atomic E-state index is 13.7. The summed E-state index contributed by atoms with van der Waals surface area (Å²) in [5.74, 6) is 3.12. The number of halogens is 2. The Morgan fingerprint density at radius 2 is 1.97 bits per heavy atom. The predicted molar refractivity (Wildman–Crippen MR) is 133 cm³/mol. The Kier molecular flexibility index (Phi) is 5.38. The summed E-state index contributed by atoms with van der Waals surface area (Å²) in [4.78, 5) is 19.8. The summed E-state index contributed by atoms with van der Waals surface area (Å²) in [5.41, 5.74) is 15.5. The Hall–Kier alpha value is -3.34. The fourth-order valence-electron chi connectivity index (χ4n) is 5.39. The highest BCUT2D eigenvalue weighted by atomic mass is 35.5. The van der Waals surface area contributed by atoms with Crippen LogP contribution < -0.4 is 21.9 Å². The van der Waals surface area contributed by atoms with Gasteiger partial charge in [-0.2, -0.15) is 0 Å². The third-order valence-electron chi connectivity index (χ3n) is 7.35. The Morgan fingerprint density at radius 3 is 2.65 bits per heavy atom. The third-order valence-corrected chi connectivity index (χ3v) is 7.75. The molecule has 0 amide bonds. The van der Waals surface area contributed by atoms with E-state index in [2.05, 4.69) is 21.9 Å². The first-order valence-electron chi connectivity index (χ1n) is 11.2. The summed E-state index contributed by atoms with van der Waals surface area (Å²) < 4.78 is 15.1. The molecule has 1 atom stereocenters. The average Bonchev–Trinajstić information content (AvgIpc) is 3.09. The molecular weight excluding hydrogens is 453 g/mol. The van der Waals surface area contributed by atoms with Crippen molar-refractivity contribution in [2.45, 2.75) is 32.2 Å². The van der Waals surface area contributed by atoms with E-state index in [0.29, 0.717) is 17.3 Å². The van der Waals surface area contributed by atoms with E-state index in [1.54, 1.807) is 6.92 Å². The second kappa shape index (κ2) is 8.15. The molecule has 3 aromatic rings. The lowest BCUT2D eigenvalue weighted by Crippen LogP contribution is -2.45. The van der Waals surface area contributed by atoms with E-state index < -0.39 is 5.82 Å². The van der Waals surface area contributed by atoms with E-state index in [1.807, 2.05) is 12.1 Å². The zero-order valence-electron chi connectivity index (χ0n) is 18.8. The van der Waals surface area contributed by atoms with Crippen molar-refractivity contribution in [3.63, 3.8) is 0 Å². The second-order valence-corrected chi connectivity index (χ2v) is 9.57. The van der Waals surface area contributed by atoms with E-state index in [-0.39, 0.29) is 27.7 Å². The first kappa shape index (κ1) is 22.5. The molecule has 1 spiro atoms. The highest BCUT2D eigenvalue weighted by Gasteiger charge is 2.46. The highest BCUT2D eigenvalue weighted by molar-refractivity contribution is 6.34. The van der Waals surface area contributed by atoms with Crippen molar-refractivity contribution in [1.82, 2.24) is 9.55 Å². The molecule has 1 aliphatic heterocycles. The lowest BCUT2D eigenvalue weighted by atomic mass is 9.73. The molecule has 1 aliphatic carbocycles. The van der Waals surface area contributed by atoms with Gasteiger partial charge in [-0.1, -0.05) is 23.6 Å². The number of anilines is 2. The van der Waals surface area contributed by atoms with Crippen LogP contribution in [0, 0.1) is 30.5 Å². The molecule has 0 unspecified atom stereocenters. The van der Waals surface area contributed by atoms with Gasteiger partial charge in [0, 0.05) is 30.8 Å². The van der Waals surface area contributed by atoms with Crippen molar-refractivity contribution in [1.29, 1.82) is 0 Å². The molecule has 1 saturated heterocycles. The Bertz CT molecular complexity index is 1400. The molecule has 2 aromatic carbocycles. The molecule has 6 nitrogen and oxygen atoms in total. The van der Waals surface area contributed by atoms with Crippen molar-refractivity contribution in [2.24, 2.45) is 11.1 Å². The highest BCUT2D eigenvalue weighted by Crippen LogP contribution is 2.51. The number of nitrogens with zero attached hydrogens (tertiary/aromatic N) is 3. The van der Waals surface area contributed by atoms with Crippen LogP contribution in [-0.4, -0.2) is 22.6 Å². The lowest BCUT2D eigenvalue weighted by molar-refractivity contribution is 0.187. The summed E-state index contributed by atoms with van der Waals surface area (Å²) in [5, 5.41) is -0.0116. The summed E-state index contributed by atoms with van der Waals surface area (Å²) in [6.45, 7) is 3.20. The smallest absolute Gasteiger partial charge is 0.260 e. The van der Waals surface area contributed by atoms with E-state index in [9.17, 15) is 9.18 Å². The number of fused-ring (bicyclic) bond motifs is 1. The fourth-order valence-corrected chi connectivity index (χ4v) is 5.63. The molecule has 0 bridgehead atoms. The number of nitrogens with two attached hydrogens (primary N) is 2. The van der Waals surface area contributed by atoms with Gasteiger partial charge in [-0.05, 0) is 67.0 Å². The number of aryl methyl sites for hydroxylation is 1. The molecule has 174 valence electrons. The minimum atomic E-state index is -0.630. The quantitative estimate of drug-likeness (QED) is 0.433. The van der Waals surface area contributed by atoms with E-state index >= 15 is 0 Å². The Labute approximate surface area is 202 Å². The fraction of sp³-hybridized carbons (Fsp3) is 0.308. The summed E-state index contributed by atoms with van der Waals surface area (Å²) >= 11 is 6.22. The van der Waals surface area contributed by atoms with Gasteiger partial charge in [0.2, 0.25) is 0 Å². The minimum absolute atomic E-state index is 0.0116. The molecule has 2 heterocycles. The SMILES string of the molecule is C#Cc1ccc2c(c1)[C@@H](N)C1(CCN(c3cc(=O)n(-c4ccc(F)c(N)c4Cl)c(C)n3)CC1)C2. The van der Waals surface area contributed by atoms with Gasteiger partial charge in [-0.3, -0.25) is 9.36 Å². The van der Waals surface area contributed by atoms with Gasteiger partial charge in [-0.15, -0.1) is 6.42 Å². The standard InChI is InChI=1S/C26H25ClFN5O/c1-3-16-4-5-17-14-26(25(30)18(17)12-16)8-10-32(11-9-26)21-13-22(34)33(15(2)31-21)20-7-6-19(28)24(29)23(20)27/h1,4-7,12-13,25H,8-11,14,29-30H2,2H3/t25-/m1/s1. The van der Waals surface area contributed by atoms with Crippen molar-refractivity contribution >= 4 is 23.1 Å². The first-order chi connectivity index (χ1) is 16.2. The maximum Gasteiger partial charge on any atom is 0.260 e. The largest absolute Gasteiger partial charge is 0.395 e. The van der Waals surface area contributed by atoms with Crippen molar-refractivity contribution in [3.8, 4) is 18.0 Å². The number of nitrogen functional groups attached to an aromatic ring is 1. The number of aromatic nitrogens is 2. The summed E-state index contributed by atoms with van der Waals surface area (Å²) in [6.07, 6.45) is 8.28. The van der Waals surface area contributed by atoms with Gasteiger partial charge in [0.15, 0.2) is 0 Å². The van der Waals surface area contributed by atoms with E-state index in [0.717, 1.165) is 43.5 Å². The number of terminal acetylenes is 1. The van der Waals surface area contributed by atoms with E-state index in [4.69, 9.17) is 29.5 Å². The van der Waals surface area contributed by atoms with Gasteiger partial charge in [0.25, 0.3) is 5.56 Å². The van der Waals surface area contributed by atoms with Crippen LogP contribution in [0.3, 0.4) is 0 Å². The van der Waals surface area contributed by atoms with Gasteiger partial charge in [-0.25, -0.2) is 9.37 Å². The Morgan fingerprint density at radius 1 is 1.24 bits per heavy atom. The van der Waals surface area contributed by atoms with Crippen molar-refractivity contribution < 1.29 is 4.39 Å². The van der Waals surface area contributed by atoms with Crippen LogP contribution in [0.1, 0.15) is 41.4 Å². The molecule has 0 saturated carbocycles. The molecule has 1 fully saturated rings. The zero-order chi connectivity index (χ0) is 24.2. The number of hydrogen-bond donors (Lipinski definition) is 2. The lowest BCUT2D eigenvalue weighted by Gasteiger charge is -2.42. The molecule has 4 N–H and O–H groups in total. The van der Waals surface area contributed by atoms with Crippen molar-refractivity contribution in [3.05, 3.63) is 80.1 Å². The van der Waals surface area contributed by atoms with Crippen LogP contribution >= 0.6 is 11.6 Å².